The summed E-state index contributed by atoms with van der Waals surface area (Å²) in [7, 11) is 2.04. The average Bonchev–Trinajstić information content (AvgIpc) is 3.40. The van der Waals surface area contributed by atoms with Gasteiger partial charge in [0.2, 0.25) is 0 Å². The van der Waals surface area contributed by atoms with Crippen molar-refractivity contribution in [3.63, 3.8) is 0 Å². The maximum atomic E-state index is 14.0. The first-order chi connectivity index (χ1) is 19.0. The molecule has 0 spiro atoms. The van der Waals surface area contributed by atoms with Crippen molar-refractivity contribution in [2.75, 3.05) is 18.9 Å². The lowest BCUT2D eigenvalue weighted by molar-refractivity contribution is -0.122. The van der Waals surface area contributed by atoms with Crippen molar-refractivity contribution in [3.05, 3.63) is 116 Å². The minimum absolute atomic E-state index is 0.0628. The van der Waals surface area contributed by atoms with Gasteiger partial charge in [-0.1, -0.05) is 72.4 Å². The highest BCUT2D eigenvalue weighted by Crippen LogP contribution is 2.48. The number of allylic oxidation sites excluding steroid dienone is 2. The molecule has 3 aromatic rings. The molecule has 0 bridgehead atoms. The van der Waals surface area contributed by atoms with Crippen LogP contribution in [0.25, 0.3) is 0 Å². The lowest BCUT2D eigenvalue weighted by atomic mass is 10.1. The quantitative estimate of drug-likeness (QED) is 0.317. The fourth-order valence-electron chi connectivity index (χ4n) is 4.52. The van der Waals surface area contributed by atoms with Crippen LogP contribution in [0.15, 0.2) is 104 Å². The number of benzene rings is 3. The Morgan fingerprint density at radius 2 is 1.67 bits per heavy atom. The molecule has 0 unspecified atom stereocenters. The normalized spacial score (nSPS) is 18.3. The van der Waals surface area contributed by atoms with E-state index in [2.05, 4.69) is 47.5 Å². The fraction of sp³-hybridized carbons (Fsp3) is 0.194. The zero-order valence-corrected chi connectivity index (χ0v) is 23.8. The molecule has 0 aromatic heterocycles. The highest BCUT2D eigenvalue weighted by atomic mass is 32.2. The third-order valence-electron chi connectivity index (χ3n) is 6.53. The highest BCUT2D eigenvalue weighted by molar-refractivity contribution is 8.19. The van der Waals surface area contributed by atoms with Crippen LogP contribution in [0.2, 0.25) is 0 Å². The largest absolute Gasteiger partial charge is 0.384 e. The minimum Gasteiger partial charge on any atom is -0.384 e. The van der Waals surface area contributed by atoms with E-state index in [0.29, 0.717) is 27.9 Å². The van der Waals surface area contributed by atoms with Crippen molar-refractivity contribution >= 4 is 46.0 Å². The number of amidine groups is 1. The Bertz CT molecular complexity index is 1520. The zero-order chi connectivity index (χ0) is 27.4. The van der Waals surface area contributed by atoms with E-state index in [-0.39, 0.29) is 5.91 Å². The van der Waals surface area contributed by atoms with Crippen molar-refractivity contribution in [2.45, 2.75) is 26.8 Å². The van der Waals surface area contributed by atoms with E-state index in [0.717, 1.165) is 29.2 Å². The van der Waals surface area contributed by atoms with E-state index in [1.807, 2.05) is 56.4 Å². The predicted molar refractivity (Wildman–Crippen MR) is 162 cm³/mol. The second-order valence-electron chi connectivity index (χ2n) is 9.21. The van der Waals surface area contributed by atoms with Gasteiger partial charge < -0.3 is 10.2 Å². The van der Waals surface area contributed by atoms with Gasteiger partial charge in [0.25, 0.3) is 5.91 Å². The van der Waals surface area contributed by atoms with E-state index in [1.165, 1.54) is 27.9 Å². The van der Waals surface area contributed by atoms with Gasteiger partial charge in [0, 0.05) is 30.6 Å². The Morgan fingerprint density at radius 3 is 2.33 bits per heavy atom. The second-order valence-corrected chi connectivity index (χ2v) is 11.4. The van der Waals surface area contributed by atoms with Crippen molar-refractivity contribution in [1.82, 2.24) is 9.80 Å². The van der Waals surface area contributed by atoms with Crippen molar-refractivity contribution < 1.29 is 4.79 Å². The first-order valence-corrected chi connectivity index (χ1v) is 14.4. The molecule has 0 atom stereocenters. The predicted octanol–water partition coefficient (Wildman–Crippen LogP) is 7.08. The summed E-state index contributed by atoms with van der Waals surface area (Å²) in [6, 6.07) is 27.9. The summed E-state index contributed by atoms with van der Waals surface area (Å²) in [5.74, 6) is -0.0628. The molecule has 0 radical (unpaired) electrons. The van der Waals surface area contributed by atoms with Gasteiger partial charge in [-0.15, -0.1) is 0 Å². The molecule has 39 heavy (non-hydrogen) atoms. The smallest absolute Gasteiger partial charge is 0.269 e. The molecule has 1 fully saturated rings. The van der Waals surface area contributed by atoms with Gasteiger partial charge in [-0.2, -0.15) is 5.26 Å². The molecule has 3 aromatic carbocycles. The van der Waals surface area contributed by atoms with Crippen LogP contribution in [-0.2, 0) is 17.8 Å². The van der Waals surface area contributed by atoms with Gasteiger partial charge in [0.1, 0.15) is 4.91 Å². The van der Waals surface area contributed by atoms with Crippen LogP contribution in [0.4, 0.5) is 11.4 Å². The van der Waals surface area contributed by atoms with E-state index < -0.39 is 0 Å². The Kier molecular flexibility index (Phi) is 8.10. The first kappa shape index (κ1) is 26.7. The molecule has 2 heterocycles. The molecule has 5 rings (SSSR count). The molecule has 1 amide bonds. The zero-order valence-electron chi connectivity index (χ0n) is 22.1. The third kappa shape index (κ3) is 5.75. The summed E-state index contributed by atoms with van der Waals surface area (Å²) in [6.07, 6.45) is 0.799. The Labute approximate surface area is 238 Å². The fourth-order valence-corrected chi connectivity index (χ4v) is 6.82. The van der Waals surface area contributed by atoms with Gasteiger partial charge in [-0.25, -0.2) is 4.99 Å². The van der Waals surface area contributed by atoms with Crippen LogP contribution in [0.3, 0.4) is 0 Å². The maximum Gasteiger partial charge on any atom is 0.269 e. The highest BCUT2D eigenvalue weighted by Gasteiger charge is 2.39. The number of nitriles is 1. The molecule has 2 aliphatic heterocycles. The number of nitrogens with one attached hydrogen (secondary N) is 1. The topological polar surface area (TPSA) is 71.7 Å². The van der Waals surface area contributed by atoms with Gasteiger partial charge in [0.15, 0.2) is 5.17 Å². The summed E-state index contributed by atoms with van der Waals surface area (Å²) in [5, 5.41) is 14.3. The number of anilines is 1. The number of likely N-dealkylation sites (N-methyl/N-ethyl adjacent to an activating group) is 1. The van der Waals surface area contributed by atoms with Crippen LogP contribution in [-0.4, -0.2) is 34.5 Å². The lowest BCUT2D eigenvalue weighted by Crippen LogP contribution is -2.29. The van der Waals surface area contributed by atoms with E-state index in [9.17, 15) is 10.1 Å². The molecule has 1 saturated heterocycles. The molecular weight excluding hydrogens is 523 g/mol. The number of rotatable bonds is 7. The molecule has 0 saturated carbocycles. The van der Waals surface area contributed by atoms with Gasteiger partial charge in [-0.05, 0) is 54.9 Å². The molecule has 0 aliphatic carbocycles. The SMILES string of the molecule is CCNc1ccc(C#N)cc1N=C1SC(=C2SC(C)=C(Cc3ccccc3)N2C)C(=O)N1Cc1ccccc1. The Hall–Kier alpha value is -3.93. The monoisotopic (exact) mass is 551 g/mol. The summed E-state index contributed by atoms with van der Waals surface area (Å²) in [5.41, 5.74) is 5.44. The Morgan fingerprint density at radius 1 is 0.974 bits per heavy atom. The van der Waals surface area contributed by atoms with Crippen molar-refractivity contribution in [3.8, 4) is 6.07 Å². The number of amides is 1. The van der Waals surface area contributed by atoms with Gasteiger partial charge in [-0.3, -0.25) is 9.69 Å². The molecule has 2 aliphatic rings. The van der Waals surface area contributed by atoms with Gasteiger partial charge in [0.05, 0.1) is 34.6 Å². The number of carbonyl (C=O) groups is 1. The number of hydrogen-bond donors (Lipinski definition) is 1. The average molecular weight is 552 g/mol. The standard InChI is InChI=1S/C31H29N5OS2/c1-4-33-25-16-15-24(19-32)17-26(25)34-31-36(20-23-13-9-6-10-14-23)29(37)28(39-31)30-35(3)27(21(2)38-30)18-22-11-7-5-8-12-22/h5-17,33H,4,18,20H2,1-3H3. The third-order valence-corrected chi connectivity index (χ3v) is 8.94. The van der Waals surface area contributed by atoms with Crippen LogP contribution < -0.4 is 5.32 Å². The molecule has 196 valence electrons. The minimum atomic E-state index is -0.0628. The Balaban J connectivity index is 1.54. The summed E-state index contributed by atoms with van der Waals surface area (Å²) >= 11 is 3.04. The van der Waals surface area contributed by atoms with Crippen molar-refractivity contribution in [1.29, 1.82) is 5.26 Å². The van der Waals surface area contributed by atoms with Crippen LogP contribution in [0.5, 0.6) is 0 Å². The molecule has 6 nitrogen and oxygen atoms in total. The molecule has 8 heteroatoms. The summed E-state index contributed by atoms with van der Waals surface area (Å²) < 4.78 is 0. The summed E-state index contributed by atoms with van der Waals surface area (Å²) in [4.78, 5) is 24.7. The van der Waals surface area contributed by atoms with Crippen molar-refractivity contribution in [2.24, 2.45) is 4.99 Å². The lowest BCUT2D eigenvalue weighted by Gasteiger charge is -2.19. The van der Waals surface area contributed by atoms with Crippen LogP contribution in [0.1, 0.15) is 30.5 Å². The maximum absolute atomic E-state index is 14.0. The van der Waals surface area contributed by atoms with Gasteiger partial charge >= 0.3 is 0 Å². The number of thioether (sulfide) groups is 2. The number of aliphatic imine (C=N–C) groups is 1. The number of carbonyl (C=O) groups excluding carboxylic acids is 1. The second kappa shape index (κ2) is 11.9. The van der Waals surface area contributed by atoms with Crippen LogP contribution >= 0.6 is 23.5 Å². The van der Waals surface area contributed by atoms with E-state index >= 15 is 0 Å². The molecule has 1 N–H and O–H groups in total. The number of hydrogen-bond acceptors (Lipinski definition) is 7. The molecular formula is C31H29N5OS2. The van der Waals surface area contributed by atoms with E-state index in [1.54, 1.807) is 28.8 Å². The van der Waals surface area contributed by atoms with E-state index in [4.69, 9.17) is 4.99 Å². The first-order valence-electron chi connectivity index (χ1n) is 12.8. The van der Waals surface area contributed by atoms with Crippen LogP contribution in [0, 0.1) is 11.3 Å². The summed E-state index contributed by atoms with van der Waals surface area (Å²) in [6.45, 7) is 5.26. The number of nitrogens with zero attached hydrogens (tertiary/aromatic N) is 4.